The highest BCUT2D eigenvalue weighted by Crippen LogP contribution is 2.16. The topological polar surface area (TPSA) is 46.5 Å². The Morgan fingerprint density at radius 3 is 2.37 bits per heavy atom. The fraction of sp³-hybridized carbons (Fsp3) is 0.188. The van der Waals surface area contributed by atoms with Crippen molar-refractivity contribution in [2.45, 2.75) is 20.5 Å². The van der Waals surface area contributed by atoms with E-state index < -0.39 is 5.97 Å². The summed E-state index contributed by atoms with van der Waals surface area (Å²) in [4.78, 5) is 10.7. The standard InChI is InChI=1S/C16H16O3/c1-11-3-4-14(12(2)9-11)10-19-15-7-5-13(6-8-15)16(17)18/h3-9H,10H2,1-2H3,(H,17,18). The molecule has 0 heterocycles. The minimum atomic E-state index is -0.930. The highest BCUT2D eigenvalue weighted by atomic mass is 16.5. The van der Waals surface area contributed by atoms with Crippen molar-refractivity contribution < 1.29 is 14.6 Å². The molecule has 0 aliphatic carbocycles. The van der Waals surface area contributed by atoms with Crippen molar-refractivity contribution in [3.63, 3.8) is 0 Å². The van der Waals surface area contributed by atoms with Gasteiger partial charge in [-0.15, -0.1) is 0 Å². The van der Waals surface area contributed by atoms with E-state index in [1.807, 2.05) is 0 Å². The van der Waals surface area contributed by atoms with Crippen LogP contribution in [-0.2, 0) is 6.61 Å². The predicted molar refractivity (Wildman–Crippen MR) is 73.6 cm³/mol. The summed E-state index contributed by atoms with van der Waals surface area (Å²) in [5.41, 5.74) is 3.82. The van der Waals surface area contributed by atoms with Crippen LogP contribution in [0.2, 0.25) is 0 Å². The van der Waals surface area contributed by atoms with Gasteiger partial charge in [-0.2, -0.15) is 0 Å². The quantitative estimate of drug-likeness (QED) is 0.909. The summed E-state index contributed by atoms with van der Waals surface area (Å²) in [7, 11) is 0. The molecule has 3 nitrogen and oxygen atoms in total. The van der Waals surface area contributed by atoms with Crippen LogP contribution >= 0.6 is 0 Å². The van der Waals surface area contributed by atoms with Crippen molar-refractivity contribution in [2.75, 3.05) is 0 Å². The summed E-state index contributed by atoms with van der Waals surface area (Å²) in [6.07, 6.45) is 0. The Morgan fingerprint density at radius 2 is 1.79 bits per heavy atom. The van der Waals surface area contributed by atoms with Crippen LogP contribution in [0.4, 0.5) is 0 Å². The number of hydrogen-bond donors (Lipinski definition) is 1. The van der Waals surface area contributed by atoms with Gasteiger partial charge >= 0.3 is 5.97 Å². The van der Waals surface area contributed by atoms with Gasteiger partial charge < -0.3 is 9.84 Å². The molecule has 0 aliphatic rings. The van der Waals surface area contributed by atoms with Crippen LogP contribution in [0.5, 0.6) is 5.75 Å². The number of aryl methyl sites for hydroxylation is 2. The van der Waals surface area contributed by atoms with Crippen LogP contribution in [0.25, 0.3) is 0 Å². The molecule has 98 valence electrons. The van der Waals surface area contributed by atoms with Gasteiger partial charge in [0.2, 0.25) is 0 Å². The Kier molecular flexibility index (Phi) is 3.85. The Balaban J connectivity index is 2.04. The summed E-state index contributed by atoms with van der Waals surface area (Å²) in [6.45, 7) is 4.60. The largest absolute Gasteiger partial charge is 0.489 e. The number of benzene rings is 2. The Morgan fingerprint density at radius 1 is 1.11 bits per heavy atom. The molecule has 0 fully saturated rings. The minimum absolute atomic E-state index is 0.263. The van der Waals surface area contributed by atoms with Crippen molar-refractivity contribution in [3.8, 4) is 5.75 Å². The maximum Gasteiger partial charge on any atom is 0.335 e. The molecule has 19 heavy (non-hydrogen) atoms. The van der Waals surface area contributed by atoms with Gasteiger partial charge in [0.05, 0.1) is 5.56 Å². The number of carboxylic acids is 1. The zero-order valence-electron chi connectivity index (χ0n) is 11.0. The summed E-state index contributed by atoms with van der Waals surface area (Å²) in [5.74, 6) is -0.258. The van der Waals surface area contributed by atoms with Gasteiger partial charge in [0.25, 0.3) is 0 Å². The monoisotopic (exact) mass is 256 g/mol. The maximum atomic E-state index is 10.7. The predicted octanol–water partition coefficient (Wildman–Crippen LogP) is 3.58. The highest BCUT2D eigenvalue weighted by molar-refractivity contribution is 5.87. The van der Waals surface area contributed by atoms with Crippen molar-refractivity contribution in [1.29, 1.82) is 0 Å². The van der Waals surface area contributed by atoms with Gasteiger partial charge in [0.15, 0.2) is 0 Å². The molecule has 0 saturated carbocycles. The first-order valence-corrected chi connectivity index (χ1v) is 6.08. The Bertz CT molecular complexity index is 585. The molecule has 0 radical (unpaired) electrons. The van der Waals surface area contributed by atoms with E-state index in [-0.39, 0.29) is 5.56 Å². The molecule has 0 spiro atoms. The van der Waals surface area contributed by atoms with E-state index in [1.54, 1.807) is 24.3 Å². The van der Waals surface area contributed by atoms with E-state index in [2.05, 4.69) is 32.0 Å². The summed E-state index contributed by atoms with van der Waals surface area (Å²) >= 11 is 0. The molecule has 0 aromatic heterocycles. The number of hydrogen-bond acceptors (Lipinski definition) is 2. The van der Waals surface area contributed by atoms with Crippen LogP contribution in [0.3, 0.4) is 0 Å². The number of carboxylic acid groups (broad SMARTS) is 1. The third kappa shape index (κ3) is 3.35. The lowest BCUT2D eigenvalue weighted by molar-refractivity contribution is 0.0697. The Labute approximate surface area is 112 Å². The minimum Gasteiger partial charge on any atom is -0.489 e. The van der Waals surface area contributed by atoms with Gasteiger partial charge in [0, 0.05) is 0 Å². The summed E-state index contributed by atoms with van der Waals surface area (Å²) in [6, 6.07) is 12.7. The maximum absolute atomic E-state index is 10.7. The van der Waals surface area contributed by atoms with E-state index in [9.17, 15) is 4.79 Å². The number of rotatable bonds is 4. The second kappa shape index (κ2) is 5.57. The van der Waals surface area contributed by atoms with Gasteiger partial charge in [-0.1, -0.05) is 23.8 Å². The lowest BCUT2D eigenvalue weighted by Gasteiger charge is -2.09. The normalized spacial score (nSPS) is 10.2. The van der Waals surface area contributed by atoms with Crippen LogP contribution < -0.4 is 4.74 Å². The second-order valence-corrected chi connectivity index (χ2v) is 4.55. The average Bonchev–Trinajstić information content (AvgIpc) is 2.38. The molecule has 0 unspecified atom stereocenters. The molecule has 0 atom stereocenters. The van der Waals surface area contributed by atoms with Crippen LogP contribution in [0.15, 0.2) is 42.5 Å². The van der Waals surface area contributed by atoms with Crippen LogP contribution in [-0.4, -0.2) is 11.1 Å². The van der Waals surface area contributed by atoms with Crippen molar-refractivity contribution in [1.82, 2.24) is 0 Å². The Hall–Kier alpha value is -2.29. The molecule has 0 aliphatic heterocycles. The third-order valence-corrected chi connectivity index (χ3v) is 2.99. The smallest absolute Gasteiger partial charge is 0.335 e. The molecule has 0 bridgehead atoms. The first kappa shape index (κ1) is 13.1. The molecule has 0 saturated heterocycles. The first-order valence-electron chi connectivity index (χ1n) is 6.08. The van der Waals surface area contributed by atoms with Crippen LogP contribution in [0.1, 0.15) is 27.0 Å². The lowest BCUT2D eigenvalue weighted by Crippen LogP contribution is -1.99. The van der Waals surface area contributed by atoms with E-state index in [1.165, 1.54) is 11.1 Å². The van der Waals surface area contributed by atoms with Gasteiger partial charge in [-0.3, -0.25) is 0 Å². The molecule has 1 N–H and O–H groups in total. The average molecular weight is 256 g/mol. The lowest BCUT2D eigenvalue weighted by atomic mass is 10.1. The van der Waals surface area contributed by atoms with E-state index >= 15 is 0 Å². The van der Waals surface area contributed by atoms with E-state index in [0.29, 0.717) is 12.4 Å². The molecular formula is C16H16O3. The molecule has 3 heteroatoms. The summed E-state index contributed by atoms with van der Waals surface area (Å²) < 4.78 is 5.65. The fourth-order valence-corrected chi connectivity index (χ4v) is 1.86. The van der Waals surface area contributed by atoms with Gasteiger partial charge in [-0.05, 0) is 49.2 Å². The first-order chi connectivity index (χ1) is 9.06. The number of carbonyl (C=O) groups is 1. The SMILES string of the molecule is Cc1ccc(COc2ccc(C(=O)O)cc2)c(C)c1. The molecule has 2 aromatic rings. The third-order valence-electron chi connectivity index (χ3n) is 2.99. The van der Waals surface area contributed by atoms with Crippen LogP contribution in [0, 0.1) is 13.8 Å². The molecule has 2 aromatic carbocycles. The van der Waals surface area contributed by atoms with E-state index in [4.69, 9.17) is 9.84 Å². The zero-order chi connectivity index (χ0) is 13.8. The fourth-order valence-electron chi connectivity index (χ4n) is 1.86. The van der Waals surface area contributed by atoms with Crippen molar-refractivity contribution in [3.05, 3.63) is 64.7 Å². The van der Waals surface area contributed by atoms with Gasteiger partial charge in [0.1, 0.15) is 12.4 Å². The van der Waals surface area contributed by atoms with Crippen molar-refractivity contribution in [2.24, 2.45) is 0 Å². The second-order valence-electron chi connectivity index (χ2n) is 4.55. The number of ether oxygens (including phenoxy) is 1. The molecule has 0 amide bonds. The summed E-state index contributed by atoms with van der Waals surface area (Å²) in [5, 5.41) is 8.81. The number of aromatic carboxylic acids is 1. The zero-order valence-corrected chi connectivity index (χ0v) is 11.0. The highest BCUT2D eigenvalue weighted by Gasteiger charge is 2.03. The molecule has 2 rings (SSSR count). The molecular weight excluding hydrogens is 240 g/mol. The van der Waals surface area contributed by atoms with E-state index in [0.717, 1.165) is 5.56 Å². The van der Waals surface area contributed by atoms with Gasteiger partial charge in [-0.25, -0.2) is 4.79 Å². The van der Waals surface area contributed by atoms with Crippen molar-refractivity contribution >= 4 is 5.97 Å².